The number of aryl methyl sites for hydroxylation is 1. The first kappa shape index (κ1) is 12.8. The van der Waals surface area contributed by atoms with Gasteiger partial charge in [0.2, 0.25) is 0 Å². The molecule has 86 valence electrons. The minimum absolute atomic E-state index is 0.0638. The molecule has 0 saturated carbocycles. The fourth-order valence-corrected chi connectivity index (χ4v) is 1.41. The molecule has 4 nitrogen and oxygen atoms in total. The zero-order valence-corrected chi connectivity index (χ0v) is 10.3. The van der Waals surface area contributed by atoms with Crippen molar-refractivity contribution in [3.63, 3.8) is 0 Å². The quantitative estimate of drug-likeness (QED) is 0.654. The first-order valence-electron chi connectivity index (χ1n) is 4.33. The Kier molecular flexibility index (Phi) is 4.15. The van der Waals surface area contributed by atoms with Crippen molar-refractivity contribution in [2.24, 2.45) is 5.73 Å². The predicted octanol–water partition coefficient (Wildman–Crippen LogP) is 2.17. The fourth-order valence-electron chi connectivity index (χ4n) is 1.01. The highest BCUT2D eigenvalue weighted by Crippen LogP contribution is 2.28. The van der Waals surface area contributed by atoms with E-state index in [1.165, 1.54) is 19.4 Å². The van der Waals surface area contributed by atoms with Crippen LogP contribution in [0.5, 0.6) is 0 Å². The Morgan fingerprint density at radius 2 is 2.12 bits per heavy atom. The molecule has 16 heavy (non-hydrogen) atoms. The summed E-state index contributed by atoms with van der Waals surface area (Å²) in [5.74, 6) is -0.632. The molecule has 0 fully saturated rings. The van der Waals surface area contributed by atoms with Gasteiger partial charge in [0.15, 0.2) is 0 Å². The fraction of sp³-hybridized carbons (Fsp3) is 0.200. The molecule has 0 bridgehead atoms. The summed E-state index contributed by atoms with van der Waals surface area (Å²) in [5.41, 5.74) is 6.49. The van der Waals surface area contributed by atoms with Gasteiger partial charge in [-0.25, -0.2) is 4.79 Å². The number of aromatic nitrogens is 1. The summed E-state index contributed by atoms with van der Waals surface area (Å²) >= 11 is 11.9. The lowest BCUT2D eigenvalue weighted by Gasteiger charge is -2.04. The molecule has 1 rings (SSSR count). The van der Waals surface area contributed by atoms with Crippen molar-refractivity contribution >= 4 is 35.2 Å². The molecule has 0 radical (unpaired) electrons. The van der Waals surface area contributed by atoms with Gasteiger partial charge in [-0.1, -0.05) is 23.2 Å². The van der Waals surface area contributed by atoms with Crippen molar-refractivity contribution < 1.29 is 9.53 Å². The number of nitrogens with zero attached hydrogens (tertiary/aromatic N) is 1. The average Bonchev–Trinajstić information content (AvgIpc) is 2.28. The van der Waals surface area contributed by atoms with Gasteiger partial charge in [0.05, 0.1) is 22.8 Å². The third-order valence-electron chi connectivity index (χ3n) is 1.89. The Labute approximate surface area is 103 Å². The lowest BCUT2D eigenvalue weighted by molar-refractivity contribution is -0.136. The van der Waals surface area contributed by atoms with E-state index < -0.39 is 5.97 Å². The Bertz CT molecular complexity index is 458. The topological polar surface area (TPSA) is 65.2 Å². The number of hydrogen-bond acceptors (Lipinski definition) is 4. The molecule has 1 aromatic heterocycles. The number of pyridine rings is 1. The minimum Gasteiger partial charge on any atom is -0.464 e. The van der Waals surface area contributed by atoms with Gasteiger partial charge < -0.3 is 10.5 Å². The molecule has 0 aliphatic rings. The normalized spacial score (nSPS) is 11.4. The highest BCUT2D eigenvalue weighted by molar-refractivity contribution is 6.43. The van der Waals surface area contributed by atoms with E-state index in [1.54, 1.807) is 6.92 Å². The molecular weight excluding hydrogens is 251 g/mol. The molecule has 0 amide bonds. The number of ether oxygens (including phenoxy) is 1. The summed E-state index contributed by atoms with van der Waals surface area (Å²) in [4.78, 5) is 15.1. The van der Waals surface area contributed by atoms with Gasteiger partial charge in [-0.2, -0.15) is 0 Å². The van der Waals surface area contributed by atoms with Crippen LogP contribution in [0.1, 0.15) is 11.3 Å². The lowest BCUT2D eigenvalue weighted by atomic mass is 10.2. The second-order valence-electron chi connectivity index (χ2n) is 3.02. The van der Waals surface area contributed by atoms with Crippen LogP contribution in [-0.4, -0.2) is 18.1 Å². The van der Waals surface area contributed by atoms with E-state index in [-0.39, 0.29) is 5.70 Å². The SMILES string of the molecule is COC(=O)/C(N)=C/c1cnc(C)c(Cl)c1Cl. The largest absolute Gasteiger partial charge is 0.464 e. The number of esters is 1. The van der Waals surface area contributed by atoms with Gasteiger partial charge in [0, 0.05) is 11.8 Å². The van der Waals surface area contributed by atoms with Gasteiger partial charge in [-0.05, 0) is 13.0 Å². The molecule has 0 aliphatic carbocycles. The molecule has 1 aromatic rings. The number of carbonyl (C=O) groups excluding carboxylic acids is 1. The van der Waals surface area contributed by atoms with Crippen LogP contribution < -0.4 is 5.73 Å². The maximum Gasteiger partial charge on any atom is 0.353 e. The Hall–Kier alpha value is -1.26. The number of carbonyl (C=O) groups is 1. The van der Waals surface area contributed by atoms with Crippen LogP contribution in [0.2, 0.25) is 10.0 Å². The highest BCUT2D eigenvalue weighted by atomic mass is 35.5. The third-order valence-corrected chi connectivity index (χ3v) is 2.86. The molecular formula is C10H10Cl2N2O2. The first-order chi connectivity index (χ1) is 7.47. The van der Waals surface area contributed by atoms with Gasteiger partial charge in [-0.3, -0.25) is 4.98 Å². The van der Waals surface area contributed by atoms with Gasteiger partial charge >= 0.3 is 5.97 Å². The van der Waals surface area contributed by atoms with E-state index in [9.17, 15) is 4.79 Å². The Morgan fingerprint density at radius 3 is 2.69 bits per heavy atom. The van der Waals surface area contributed by atoms with Crippen LogP contribution in [-0.2, 0) is 9.53 Å². The van der Waals surface area contributed by atoms with Gasteiger partial charge in [0.25, 0.3) is 0 Å². The summed E-state index contributed by atoms with van der Waals surface area (Å²) in [5, 5.41) is 0.647. The van der Waals surface area contributed by atoms with E-state index in [1.807, 2.05) is 0 Å². The summed E-state index contributed by atoms with van der Waals surface area (Å²) in [6.07, 6.45) is 2.85. The van der Waals surface area contributed by atoms with E-state index in [0.717, 1.165) is 0 Å². The van der Waals surface area contributed by atoms with E-state index >= 15 is 0 Å². The molecule has 0 unspecified atom stereocenters. The zero-order chi connectivity index (χ0) is 12.3. The van der Waals surface area contributed by atoms with Crippen LogP contribution in [0.15, 0.2) is 11.9 Å². The average molecular weight is 261 g/mol. The molecule has 2 N–H and O–H groups in total. The molecule has 0 aliphatic heterocycles. The van der Waals surface area contributed by atoms with Crippen LogP contribution in [0.25, 0.3) is 6.08 Å². The van der Waals surface area contributed by atoms with Crippen molar-refractivity contribution in [2.45, 2.75) is 6.92 Å². The first-order valence-corrected chi connectivity index (χ1v) is 5.09. The summed E-state index contributed by atoms with van der Waals surface area (Å²) < 4.78 is 4.45. The molecule has 0 atom stereocenters. The zero-order valence-electron chi connectivity index (χ0n) is 8.75. The number of hydrogen-bond donors (Lipinski definition) is 1. The lowest BCUT2D eigenvalue weighted by Crippen LogP contribution is -2.12. The standard InChI is InChI=1S/C10H10Cl2N2O2/c1-5-8(11)9(12)6(4-14-5)3-7(13)10(15)16-2/h3-4H,13H2,1-2H3/b7-3-. The summed E-state index contributed by atoms with van der Waals surface area (Å²) in [6, 6.07) is 0. The molecule has 6 heteroatoms. The number of nitrogens with two attached hydrogens (primary N) is 1. The van der Waals surface area contributed by atoms with Crippen molar-refractivity contribution in [1.29, 1.82) is 0 Å². The van der Waals surface area contributed by atoms with Crippen molar-refractivity contribution in [3.8, 4) is 0 Å². The summed E-state index contributed by atoms with van der Waals surface area (Å²) in [6.45, 7) is 1.73. The third kappa shape index (κ3) is 2.65. The van der Waals surface area contributed by atoms with Gasteiger partial charge in [0.1, 0.15) is 5.70 Å². The van der Waals surface area contributed by atoms with Gasteiger partial charge in [-0.15, -0.1) is 0 Å². The smallest absolute Gasteiger partial charge is 0.353 e. The highest BCUT2D eigenvalue weighted by Gasteiger charge is 2.10. The Morgan fingerprint density at radius 1 is 1.50 bits per heavy atom. The maximum absolute atomic E-state index is 11.1. The van der Waals surface area contributed by atoms with E-state index in [4.69, 9.17) is 28.9 Å². The van der Waals surface area contributed by atoms with Crippen LogP contribution in [0, 0.1) is 6.92 Å². The van der Waals surface area contributed by atoms with E-state index in [2.05, 4.69) is 9.72 Å². The van der Waals surface area contributed by atoms with Crippen molar-refractivity contribution in [2.75, 3.05) is 7.11 Å². The second-order valence-corrected chi connectivity index (χ2v) is 3.77. The van der Waals surface area contributed by atoms with Crippen molar-refractivity contribution in [3.05, 3.63) is 33.2 Å². The molecule has 1 heterocycles. The summed E-state index contributed by atoms with van der Waals surface area (Å²) in [7, 11) is 1.24. The van der Waals surface area contributed by atoms with Crippen LogP contribution >= 0.6 is 23.2 Å². The monoisotopic (exact) mass is 260 g/mol. The minimum atomic E-state index is -0.632. The number of methoxy groups -OCH3 is 1. The number of halogens is 2. The van der Waals surface area contributed by atoms with Crippen molar-refractivity contribution in [1.82, 2.24) is 4.98 Å². The number of rotatable bonds is 2. The molecule has 0 spiro atoms. The Balaban J connectivity index is 3.16. The maximum atomic E-state index is 11.1. The van der Waals surface area contributed by atoms with Crippen LogP contribution in [0.3, 0.4) is 0 Å². The molecule has 0 saturated heterocycles. The predicted molar refractivity (Wildman–Crippen MR) is 63.2 cm³/mol. The second kappa shape index (κ2) is 5.18. The molecule has 0 aromatic carbocycles. The van der Waals surface area contributed by atoms with E-state index in [0.29, 0.717) is 21.3 Å². The van der Waals surface area contributed by atoms with Crippen LogP contribution in [0.4, 0.5) is 0 Å².